The minimum absolute atomic E-state index is 0. The maximum atomic E-state index is 11.3. The number of benzene rings is 2. The van der Waals surface area contributed by atoms with Crippen molar-refractivity contribution in [1.82, 2.24) is 0 Å². The Hall–Kier alpha value is -0.390. The maximum Gasteiger partial charge on any atom is 1.00 e. The number of aryl methyl sites for hydroxylation is 2. The average molecular weight is 314 g/mol. The largest absolute Gasteiger partial charge is 1.00 e. The van der Waals surface area contributed by atoms with Gasteiger partial charge < -0.3 is 4.55 Å². The average Bonchev–Trinajstić information content (AvgIpc) is 2.38. The Bertz CT molecular complexity index is 724. The molecule has 0 bridgehead atoms. The third-order valence-corrected chi connectivity index (χ3v) is 4.24. The van der Waals surface area contributed by atoms with Crippen molar-refractivity contribution in [2.45, 2.75) is 44.4 Å². The Balaban J connectivity index is 0.00000220. The van der Waals surface area contributed by atoms with Crippen LogP contribution in [0.3, 0.4) is 0 Å². The summed E-state index contributed by atoms with van der Waals surface area (Å²) in [6.07, 6.45) is 3.67. The molecule has 0 aliphatic heterocycles. The molecule has 2 aromatic rings. The Morgan fingerprint density at radius 2 is 1.67 bits per heavy atom. The van der Waals surface area contributed by atoms with Crippen LogP contribution in [0.15, 0.2) is 35.2 Å². The van der Waals surface area contributed by atoms with E-state index in [0.717, 1.165) is 42.0 Å². The smallest absolute Gasteiger partial charge is 0.744 e. The van der Waals surface area contributed by atoms with Gasteiger partial charge >= 0.3 is 29.6 Å². The summed E-state index contributed by atoms with van der Waals surface area (Å²) in [5, 5.41) is 1.88. The van der Waals surface area contributed by atoms with Gasteiger partial charge in [0.15, 0.2) is 0 Å². The van der Waals surface area contributed by atoms with E-state index in [9.17, 15) is 13.0 Å². The summed E-state index contributed by atoms with van der Waals surface area (Å²) in [7, 11) is -4.41. The first-order chi connectivity index (χ1) is 9.45. The molecule has 0 amide bonds. The quantitative estimate of drug-likeness (QED) is 0.601. The summed E-state index contributed by atoms with van der Waals surface area (Å²) >= 11 is 0. The van der Waals surface area contributed by atoms with Crippen LogP contribution >= 0.6 is 0 Å². The van der Waals surface area contributed by atoms with Crippen molar-refractivity contribution >= 4 is 20.9 Å². The molecular weight excluding hydrogens is 295 g/mol. The predicted molar refractivity (Wildman–Crippen MR) is 79.9 cm³/mol. The molecular formula is C16H19NaO3S. The van der Waals surface area contributed by atoms with Crippen molar-refractivity contribution in [3.63, 3.8) is 0 Å². The molecule has 108 valence electrons. The van der Waals surface area contributed by atoms with Crippen molar-refractivity contribution in [3.8, 4) is 0 Å². The fourth-order valence-electron chi connectivity index (χ4n) is 2.53. The monoisotopic (exact) mass is 314 g/mol. The summed E-state index contributed by atoms with van der Waals surface area (Å²) in [6.45, 7) is 4.14. The van der Waals surface area contributed by atoms with Gasteiger partial charge in [0.05, 0.1) is 4.90 Å². The van der Waals surface area contributed by atoms with Crippen LogP contribution in [0, 0.1) is 0 Å². The molecule has 2 rings (SSSR count). The van der Waals surface area contributed by atoms with E-state index in [4.69, 9.17) is 0 Å². The van der Waals surface area contributed by atoms with Crippen molar-refractivity contribution in [1.29, 1.82) is 0 Å². The van der Waals surface area contributed by atoms with Crippen molar-refractivity contribution < 1.29 is 42.5 Å². The van der Waals surface area contributed by atoms with E-state index >= 15 is 0 Å². The SMILES string of the molecule is CCCc1ccc2c(CCC)cc(S(=O)(=O)[O-])cc2c1.[Na+]. The van der Waals surface area contributed by atoms with Gasteiger partial charge in [0.2, 0.25) is 0 Å². The molecule has 0 fully saturated rings. The van der Waals surface area contributed by atoms with Crippen molar-refractivity contribution in [3.05, 3.63) is 41.5 Å². The van der Waals surface area contributed by atoms with E-state index in [1.807, 2.05) is 19.1 Å². The molecule has 0 aliphatic carbocycles. The van der Waals surface area contributed by atoms with Crippen LogP contribution in [0.1, 0.15) is 37.8 Å². The molecule has 0 radical (unpaired) electrons. The van der Waals surface area contributed by atoms with Crippen LogP contribution in [-0.2, 0) is 23.0 Å². The number of rotatable bonds is 5. The first kappa shape index (κ1) is 18.7. The Morgan fingerprint density at radius 3 is 2.24 bits per heavy atom. The van der Waals surface area contributed by atoms with Crippen LogP contribution < -0.4 is 29.6 Å². The normalized spacial score (nSPS) is 11.4. The topological polar surface area (TPSA) is 57.2 Å². The standard InChI is InChI=1S/C16H20O3S.Na/c1-3-5-12-7-8-16-13(6-4-2)10-15(20(17,18)19)11-14(16)9-12;/h7-11H,3-6H2,1-2H3,(H,17,18,19);/q;+1/p-1. The van der Waals surface area contributed by atoms with Gasteiger partial charge in [-0.05, 0) is 46.9 Å². The van der Waals surface area contributed by atoms with E-state index < -0.39 is 10.1 Å². The van der Waals surface area contributed by atoms with Crippen LogP contribution in [0.5, 0.6) is 0 Å². The molecule has 0 saturated carbocycles. The molecule has 0 atom stereocenters. The second-order valence-electron chi connectivity index (χ2n) is 5.09. The van der Waals surface area contributed by atoms with Crippen molar-refractivity contribution in [2.75, 3.05) is 0 Å². The molecule has 0 unspecified atom stereocenters. The molecule has 0 heterocycles. The molecule has 21 heavy (non-hydrogen) atoms. The number of hydrogen-bond donors (Lipinski definition) is 0. The van der Waals surface area contributed by atoms with E-state index in [0.29, 0.717) is 0 Å². The summed E-state index contributed by atoms with van der Waals surface area (Å²) in [5.41, 5.74) is 2.10. The summed E-state index contributed by atoms with van der Waals surface area (Å²) < 4.78 is 33.9. The van der Waals surface area contributed by atoms with Crippen LogP contribution in [0.25, 0.3) is 10.8 Å². The Morgan fingerprint density at radius 1 is 1.00 bits per heavy atom. The fourth-order valence-corrected chi connectivity index (χ4v) is 3.09. The van der Waals surface area contributed by atoms with Gasteiger partial charge in [0.25, 0.3) is 0 Å². The molecule has 5 heteroatoms. The van der Waals surface area contributed by atoms with Crippen molar-refractivity contribution in [2.24, 2.45) is 0 Å². The van der Waals surface area contributed by atoms with Crippen LogP contribution in [0.4, 0.5) is 0 Å². The summed E-state index contributed by atoms with van der Waals surface area (Å²) in [5.74, 6) is 0. The number of hydrogen-bond acceptors (Lipinski definition) is 3. The summed E-state index contributed by atoms with van der Waals surface area (Å²) in [6, 6.07) is 9.12. The zero-order chi connectivity index (χ0) is 14.8. The molecule has 0 spiro atoms. The van der Waals surface area contributed by atoms with Gasteiger partial charge in [-0.2, -0.15) is 0 Å². The molecule has 0 saturated heterocycles. The van der Waals surface area contributed by atoms with Crippen LogP contribution in [0.2, 0.25) is 0 Å². The fraction of sp³-hybridized carbons (Fsp3) is 0.375. The Labute approximate surface area is 148 Å². The molecule has 0 aromatic heterocycles. The van der Waals surface area contributed by atoms with Gasteiger partial charge in [-0.25, -0.2) is 8.42 Å². The van der Waals surface area contributed by atoms with Gasteiger partial charge in [0, 0.05) is 0 Å². The Kier molecular flexibility index (Phi) is 6.88. The molecule has 3 nitrogen and oxygen atoms in total. The summed E-state index contributed by atoms with van der Waals surface area (Å²) in [4.78, 5) is -0.123. The van der Waals surface area contributed by atoms with Gasteiger partial charge in [-0.15, -0.1) is 0 Å². The van der Waals surface area contributed by atoms with Crippen LogP contribution in [-0.4, -0.2) is 13.0 Å². The second kappa shape index (κ2) is 7.75. The van der Waals surface area contributed by atoms with Gasteiger partial charge in [-0.1, -0.05) is 44.9 Å². The molecule has 2 aromatic carbocycles. The first-order valence-corrected chi connectivity index (χ1v) is 8.38. The number of fused-ring (bicyclic) bond motifs is 1. The van der Waals surface area contributed by atoms with E-state index in [1.165, 1.54) is 17.7 Å². The first-order valence-electron chi connectivity index (χ1n) is 6.97. The van der Waals surface area contributed by atoms with Gasteiger partial charge in [0.1, 0.15) is 10.1 Å². The maximum absolute atomic E-state index is 11.3. The van der Waals surface area contributed by atoms with E-state index in [1.54, 1.807) is 0 Å². The zero-order valence-electron chi connectivity index (χ0n) is 12.8. The van der Waals surface area contributed by atoms with E-state index in [2.05, 4.69) is 13.0 Å². The minimum Gasteiger partial charge on any atom is -0.744 e. The predicted octanol–water partition coefficient (Wildman–Crippen LogP) is 0.653. The third-order valence-electron chi connectivity index (χ3n) is 3.42. The zero-order valence-corrected chi connectivity index (χ0v) is 15.7. The second-order valence-corrected chi connectivity index (χ2v) is 6.47. The third kappa shape index (κ3) is 4.54. The molecule has 0 N–H and O–H groups in total. The minimum atomic E-state index is -4.41. The molecule has 0 aliphatic rings. The van der Waals surface area contributed by atoms with Gasteiger partial charge in [-0.3, -0.25) is 0 Å². The van der Waals surface area contributed by atoms with E-state index in [-0.39, 0.29) is 34.5 Å².